The van der Waals surface area contributed by atoms with Gasteiger partial charge < -0.3 is 10.4 Å². The van der Waals surface area contributed by atoms with Gasteiger partial charge in [0, 0.05) is 18.8 Å². The molecule has 0 fully saturated rings. The number of hydrazone groups is 1. The van der Waals surface area contributed by atoms with Crippen molar-refractivity contribution in [1.82, 2.24) is 25.5 Å². The molecule has 0 aliphatic heterocycles. The molecule has 4 rings (SSSR count). The number of thiophene rings is 1. The number of hydrogen-bond acceptors (Lipinski definition) is 7. The number of carbonyl (C=O) groups excluding carboxylic acids is 2. The highest BCUT2D eigenvalue weighted by Crippen LogP contribution is 2.35. The molecule has 2 amide bonds. The molecule has 9 nitrogen and oxygen atoms in total. The molecule has 196 valence electrons. The number of aromatic hydroxyl groups is 1. The van der Waals surface area contributed by atoms with Crippen LogP contribution >= 0.6 is 11.3 Å². The van der Waals surface area contributed by atoms with Crippen molar-refractivity contribution in [2.24, 2.45) is 12.1 Å². The fourth-order valence-corrected chi connectivity index (χ4v) is 4.29. The van der Waals surface area contributed by atoms with E-state index in [4.69, 9.17) is 0 Å². The topological polar surface area (TPSA) is 122 Å². The number of hydrogen-bond donors (Lipinski definition) is 3. The molecule has 0 aliphatic rings. The number of benzene rings is 1. The van der Waals surface area contributed by atoms with Crippen molar-refractivity contribution >= 4 is 28.9 Å². The van der Waals surface area contributed by atoms with E-state index in [2.05, 4.69) is 25.9 Å². The average molecular weight is 543 g/mol. The summed E-state index contributed by atoms with van der Waals surface area (Å²) in [6, 6.07) is 12.7. The van der Waals surface area contributed by atoms with Crippen LogP contribution in [0, 0.1) is 0 Å². The van der Waals surface area contributed by atoms with E-state index in [1.165, 1.54) is 42.9 Å². The van der Waals surface area contributed by atoms with Crippen molar-refractivity contribution in [2.45, 2.75) is 19.6 Å². The van der Waals surface area contributed by atoms with Gasteiger partial charge in [0.05, 0.1) is 33.3 Å². The van der Waals surface area contributed by atoms with Gasteiger partial charge in [-0.15, -0.1) is 11.3 Å². The lowest BCUT2D eigenvalue weighted by Crippen LogP contribution is -2.22. The monoisotopic (exact) mass is 542 g/mol. The van der Waals surface area contributed by atoms with Gasteiger partial charge in [-0.3, -0.25) is 19.3 Å². The second-order valence-electron chi connectivity index (χ2n) is 8.05. The van der Waals surface area contributed by atoms with E-state index in [-0.39, 0.29) is 40.2 Å². The lowest BCUT2D eigenvalue weighted by molar-refractivity contribution is -0.137. The Morgan fingerprint density at radius 1 is 1.05 bits per heavy atom. The summed E-state index contributed by atoms with van der Waals surface area (Å²) in [6.07, 6.45) is -2.86. The Bertz CT molecular complexity index is 1500. The van der Waals surface area contributed by atoms with Crippen LogP contribution < -0.4 is 10.7 Å². The van der Waals surface area contributed by atoms with Crippen LogP contribution in [0.4, 0.5) is 13.2 Å². The number of amides is 2. The number of aromatic nitrogens is 3. The first kappa shape index (κ1) is 26.5. The molecule has 0 saturated carbocycles. The summed E-state index contributed by atoms with van der Waals surface area (Å²) in [4.78, 5) is 29.6. The Balaban J connectivity index is 1.43. The molecular formula is C25H21F3N6O3S. The number of carbonyl (C=O) groups is 2. The molecule has 4 aromatic rings. The molecule has 3 heterocycles. The maximum absolute atomic E-state index is 12.9. The number of nitrogens with one attached hydrogen (secondary N) is 2. The van der Waals surface area contributed by atoms with Crippen LogP contribution in [0.1, 0.15) is 43.2 Å². The van der Waals surface area contributed by atoms with Crippen molar-refractivity contribution in [3.8, 4) is 17.0 Å². The molecule has 38 heavy (non-hydrogen) atoms. The molecule has 0 bridgehead atoms. The van der Waals surface area contributed by atoms with Crippen LogP contribution in [0.25, 0.3) is 11.3 Å². The standard InChI is InChI=1S/C25H21F3N6O3S/c1-14(20-22(35)21(34(2)33-20)15-6-8-16(9-7-15)25(26,27)28)31-32-24(37)19-11-10-18(38-19)23(36)30-13-17-5-3-4-12-29-17/h3-12,35H,13H2,1-2H3,(H,30,36)(H,32,37). The SMILES string of the molecule is CC(=NNC(=O)c1ccc(C(=O)NCc2ccccn2)s1)c1nn(C)c(-c2ccc(C(F)(F)F)cc2)c1O. The minimum atomic E-state index is -4.48. The van der Waals surface area contributed by atoms with E-state index in [0.29, 0.717) is 16.1 Å². The minimum absolute atomic E-state index is 0.0449. The highest BCUT2D eigenvalue weighted by Gasteiger charge is 2.30. The molecule has 3 N–H and O–H groups in total. The Morgan fingerprint density at radius 2 is 1.74 bits per heavy atom. The molecule has 0 radical (unpaired) electrons. The van der Waals surface area contributed by atoms with Crippen LogP contribution in [-0.4, -0.2) is 37.4 Å². The molecule has 1 aromatic carbocycles. The van der Waals surface area contributed by atoms with Gasteiger partial charge in [0.15, 0.2) is 11.4 Å². The van der Waals surface area contributed by atoms with Gasteiger partial charge in [-0.2, -0.15) is 23.4 Å². The third-order valence-electron chi connectivity index (χ3n) is 5.39. The van der Waals surface area contributed by atoms with Crippen LogP contribution in [0.2, 0.25) is 0 Å². The molecule has 0 atom stereocenters. The van der Waals surface area contributed by atoms with E-state index >= 15 is 0 Å². The van der Waals surface area contributed by atoms with Crippen molar-refractivity contribution in [2.75, 3.05) is 0 Å². The molecule has 0 saturated heterocycles. The second-order valence-corrected chi connectivity index (χ2v) is 9.13. The van der Waals surface area contributed by atoms with E-state index < -0.39 is 17.6 Å². The van der Waals surface area contributed by atoms with Gasteiger partial charge in [0.1, 0.15) is 5.69 Å². The third-order valence-corrected chi connectivity index (χ3v) is 6.47. The van der Waals surface area contributed by atoms with E-state index in [9.17, 15) is 27.9 Å². The largest absolute Gasteiger partial charge is 0.504 e. The van der Waals surface area contributed by atoms with Crippen LogP contribution in [0.3, 0.4) is 0 Å². The summed E-state index contributed by atoms with van der Waals surface area (Å²) >= 11 is 0.979. The summed E-state index contributed by atoms with van der Waals surface area (Å²) in [5.41, 5.74) is 2.96. The number of rotatable bonds is 7. The Kier molecular flexibility index (Phi) is 7.57. The van der Waals surface area contributed by atoms with Crippen LogP contribution in [-0.2, 0) is 19.8 Å². The minimum Gasteiger partial charge on any atom is -0.504 e. The van der Waals surface area contributed by atoms with Crippen molar-refractivity contribution in [3.05, 3.63) is 87.5 Å². The number of pyridine rings is 1. The predicted molar refractivity (Wildman–Crippen MR) is 135 cm³/mol. The Labute approximate surface area is 218 Å². The van der Waals surface area contributed by atoms with Crippen LogP contribution in [0.15, 0.2) is 65.9 Å². The molecule has 0 unspecified atom stereocenters. The van der Waals surface area contributed by atoms with Crippen molar-refractivity contribution in [1.29, 1.82) is 0 Å². The smallest absolute Gasteiger partial charge is 0.416 e. The summed E-state index contributed by atoms with van der Waals surface area (Å²) < 4.78 is 39.9. The summed E-state index contributed by atoms with van der Waals surface area (Å²) in [6.45, 7) is 1.74. The molecule has 0 aliphatic carbocycles. The molecule has 13 heteroatoms. The van der Waals surface area contributed by atoms with Crippen molar-refractivity contribution in [3.63, 3.8) is 0 Å². The highest BCUT2D eigenvalue weighted by molar-refractivity contribution is 7.15. The van der Waals surface area contributed by atoms with Crippen molar-refractivity contribution < 1.29 is 27.9 Å². The average Bonchev–Trinajstić information content (AvgIpc) is 3.50. The predicted octanol–water partition coefficient (Wildman–Crippen LogP) is 4.35. The number of nitrogens with zero attached hydrogens (tertiary/aromatic N) is 4. The molecular weight excluding hydrogens is 521 g/mol. The Morgan fingerprint density at radius 3 is 2.37 bits per heavy atom. The van der Waals surface area contributed by atoms with Gasteiger partial charge >= 0.3 is 6.18 Å². The van der Waals surface area contributed by atoms with E-state index in [0.717, 1.165) is 23.5 Å². The summed E-state index contributed by atoms with van der Waals surface area (Å²) in [7, 11) is 1.52. The zero-order valence-corrected chi connectivity index (χ0v) is 20.9. The van der Waals surface area contributed by atoms with Gasteiger partial charge in [-0.25, -0.2) is 5.43 Å². The van der Waals surface area contributed by atoms with Gasteiger partial charge in [0.2, 0.25) is 0 Å². The number of alkyl halides is 3. The third kappa shape index (κ3) is 5.89. The zero-order chi connectivity index (χ0) is 27.4. The van der Waals surface area contributed by atoms with Gasteiger partial charge in [0.25, 0.3) is 11.8 Å². The zero-order valence-electron chi connectivity index (χ0n) is 20.1. The first-order valence-electron chi connectivity index (χ1n) is 11.1. The van der Waals surface area contributed by atoms with Gasteiger partial charge in [-0.05, 0) is 43.3 Å². The summed E-state index contributed by atoms with van der Waals surface area (Å²) in [5, 5.41) is 21.6. The fraction of sp³-hybridized carbons (Fsp3) is 0.160. The lowest BCUT2D eigenvalue weighted by atomic mass is 10.1. The lowest BCUT2D eigenvalue weighted by Gasteiger charge is -2.08. The molecule has 0 spiro atoms. The number of aryl methyl sites for hydroxylation is 1. The second kappa shape index (κ2) is 10.8. The summed E-state index contributed by atoms with van der Waals surface area (Å²) in [5.74, 6) is -1.23. The quantitative estimate of drug-likeness (QED) is 0.237. The first-order valence-corrected chi connectivity index (χ1v) is 11.9. The first-order chi connectivity index (χ1) is 18.0. The van der Waals surface area contributed by atoms with Crippen LogP contribution in [0.5, 0.6) is 5.75 Å². The number of halogens is 3. The van der Waals surface area contributed by atoms with Gasteiger partial charge in [-0.1, -0.05) is 18.2 Å². The maximum atomic E-state index is 12.9. The fourth-order valence-electron chi connectivity index (χ4n) is 3.48. The maximum Gasteiger partial charge on any atom is 0.416 e. The Hall–Kier alpha value is -4.52. The highest BCUT2D eigenvalue weighted by atomic mass is 32.1. The molecule has 3 aromatic heterocycles. The van der Waals surface area contributed by atoms with E-state index in [1.54, 1.807) is 18.3 Å². The van der Waals surface area contributed by atoms with E-state index in [1.807, 2.05) is 6.07 Å². The normalized spacial score (nSPS) is 11.9.